The summed E-state index contributed by atoms with van der Waals surface area (Å²) >= 11 is 0. The highest BCUT2D eigenvalue weighted by molar-refractivity contribution is 5.93. The van der Waals surface area contributed by atoms with Crippen LogP contribution in [-0.2, 0) is 24.6 Å². The van der Waals surface area contributed by atoms with Crippen LogP contribution in [0.4, 0.5) is 18.9 Å². The lowest BCUT2D eigenvalue weighted by Gasteiger charge is -2.20. The van der Waals surface area contributed by atoms with Crippen molar-refractivity contribution in [3.8, 4) is 0 Å². The third-order valence-electron chi connectivity index (χ3n) is 4.65. The van der Waals surface area contributed by atoms with E-state index in [0.717, 1.165) is 28.4 Å². The van der Waals surface area contributed by atoms with Gasteiger partial charge in [-0.1, -0.05) is 19.1 Å². The monoisotopic (exact) mass is 405 g/mol. The minimum atomic E-state index is -4.53. The van der Waals surface area contributed by atoms with Crippen LogP contribution in [-0.4, -0.2) is 38.7 Å². The molecule has 1 aromatic carbocycles. The first-order chi connectivity index (χ1) is 13.7. The average molecular weight is 405 g/mol. The predicted molar refractivity (Wildman–Crippen MR) is 104 cm³/mol. The highest BCUT2D eigenvalue weighted by Gasteiger charge is 2.33. The van der Waals surface area contributed by atoms with E-state index in [4.69, 9.17) is 0 Å². The van der Waals surface area contributed by atoms with E-state index in [0.29, 0.717) is 13.1 Å². The first-order valence-electron chi connectivity index (χ1n) is 9.15. The van der Waals surface area contributed by atoms with Crippen molar-refractivity contribution in [1.82, 2.24) is 19.7 Å². The van der Waals surface area contributed by atoms with Crippen LogP contribution in [0.1, 0.15) is 23.7 Å². The Bertz CT molecular complexity index is 1030. The van der Waals surface area contributed by atoms with Crippen LogP contribution in [0.25, 0.3) is 11.0 Å². The molecule has 1 amide bonds. The molecule has 3 aromatic rings. The van der Waals surface area contributed by atoms with Crippen molar-refractivity contribution in [1.29, 1.82) is 0 Å². The second-order valence-electron chi connectivity index (χ2n) is 6.82. The molecule has 0 aliphatic heterocycles. The first-order valence-corrected chi connectivity index (χ1v) is 9.15. The largest absolute Gasteiger partial charge is 0.418 e. The maximum atomic E-state index is 13.1. The van der Waals surface area contributed by atoms with E-state index in [9.17, 15) is 18.0 Å². The number of benzene rings is 1. The Balaban J connectivity index is 1.70. The number of carbonyl (C=O) groups is 1. The summed E-state index contributed by atoms with van der Waals surface area (Å²) in [5.41, 5.74) is 1.43. The van der Waals surface area contributed by atoms with E-state index in [-0.39, 0.29) is 12.2 Å². The molecule has 0 unspecified atom stereocenters. The molecule has 0 aliphatic carbocycles. The lowest BCUT2D eigenvalue weighted by atomic mass is 10.1. The fraction of sp³-hybridized carbons (Fsp3) is 0.350. The van der Waals surface area contributed by atoms with Crippen LogP contribution in [0.15, 0.2) is 36.5 Å². The number of anilines is 1. The fourth-order valence-corrected chi connectivity index (χ4v) is 3.21. The van der Waals surface area contributed by atoms with E-state index in [1.54, 1.807) is 10.9 Å². The normalized spacial score (nSPS) is 12.0. The van der Waals surface area contributed by atoms with Gasteiger partial charge in [-0.15, -0.1) is 0 Å². The summed E-state index contributed by atoms with van der Waals surface area (Å²) < 4.78 is 41.0. The first kappa shape index (κ1) is 20.8. The van der Waals surface area contributed by atoms with Gasteiger partial charge in [-0.2, -0.15) is 18.3 Å². The Labute approximate surface area is 166 Å². The SMILES string of the molecule is CCN(CC(=O)Nc1ccccc1C(F)(F)F)Cc1cnc2c(c1)c(C)nn2C. The Hall–Kier alpha value is -2.94. The van der Waals surface area contributed by atoms with E-state index >= 15 is 0 Å². The quantitative estimate of drug-likeness (QED) is 0.678. The topological polar surface area (TPSA) is 63.1 Å². The number of aromatic nitrogens is 3. The van der Waals surface area contributed by atoms with Crippen LogP contribution in [0.5, 0.6) is 0 Å². The third kappa shape index (κ3) is 4.73. The molecule has 154 valence electrons. The molecule has 0 saturated heterocycles. The van der Waals surface area contributed by atoms with Crippen molar-refractivity contribution in [2.24, 2.45) is 7.05 Å². The zero-order valence-corrected chi connectivity index (χ0v) is 16.4. The molecule has 3 rings (SSSR count). The summed E-state index contributed by atoms with van der Waals surface area (Å²) in [6, 6.07) is 6.93. The standard InChI is InChI=1S/C20H22F3N5O/c1-4-28(11-14-9-15-13(2)26-27(3)19(15)24-10-14)12-18(29)25-17-8-6-5-7-16(17)20(21,22)23/h5-10H,4,11-12H2,1-3H3,(H,25,29). The number of alkyl halides is 3. The summed E-state index contributed by atoms with van der Waals surface area (Å²) in [6.07, 6.45) is -2.81. The van der Waals surface area contributed by atoms with Gasteiger partial charge >= 0.3 is 6.18 Å². The summed E-state index contributed by atoms with van der Waals surface area (Å²) in [6.45, 7) is 4.75. The van der Waals surface area contributed by atoms with Crippen molar-refractivity contribution >= 4 is 22.6 Å². The summed E-state index contributed by atoms with van der Waals surface area (Å²) in [4.78, 5) is 18.6. The fourth-order valence-electron chi connectivity index (χ4n) is 3.21. The van der Waals surface area contributed by atoms with Crippen molar-refractivity contribution in [2.75, 3.05) is 18.4 Å². The molecule has 2 heterocycles. The lowest BCUT2D eigenvalue weighted by molar-refractivity contribution is -0.137. The Kier molecular flexibility index (Phi) is 5.88. The third-order valence-corrected chi connectivity index (χ3v) is 4.65. The lowest BCUT2D eigenvalue weighted by Crippen LogP contribution is -2.33. The van der Waals surface area contributed by atoms with Gasteiger partial charge < -0.3 is 5.32 Å². The molecule has 0 fully saturated rings. The molecule has 9 heteroatoms. The predicted octanol–water partition coefficient (Wildman–Crippen LogP) is 3.76. The van der Waals surface area contributed by atoms with Gasteiger partial charge in [-0.05, 0) is 37.2 Å². The highest BCUT2D eigenvalue weighted by atomic mass is 19.4. The number of likely N-dealkylation sites (N-methyl/N-ethyl adjacent to an activating group) is 1. The second kappa shape index (κ2) is 8.20. The number of nitrogens with one attached hydrogen (secondary N) is 1. The Morgan fingerprint density at radius 1 is 1.28 bits per heavy atom. The maximum absolute atomic E-state index is 13.1. The van der Waals surface area contributed by atoms with Gasteiger partial charge in [0, 0.05) is 25.2 Å². The number of hydrogen-bond acceptors (Lipinski definition) is 4. The number of pyridine rings is 1. The summed E-state index contributed by atoms with van der Waals surface area (Å²) in [5.74, 6) is -0.504. The van der Waals surface area contributed by atoms with Gasteiger partial charge in [0.1, 0.15) is 0 Å². The molecule has 1 N–H and O–H groups in total. The number of nitrogens with zero attached hydrogens (tertiary/aromatic N) is 4. The number of amides is 1. The highest BCUT2D eigenvalue weighted by Crippen LogP contribution is 2.34. The molecule has 0 bridgehead atoms. The molecule has 0 radical (unpaired) electrons. The number of aryl methyl sites for hydroxylation is 2. The zero-order valence-electron chi connectivity index (χ0n) is 16.4. The number of halogens is 3. The molecular formula is C20H22F3N5O. The van der Waals surface area contributed by atoms with Gasteiger partial charge in [0.2, 0.25) is 5.91 Å². The molecule has 6 nitrogen and oxygen atoms in total. The molecular weight excluding hydrogens is 383 g/mol. The molecule has 2 aromatic heterocycles. The molecule has 0 aliphatic rings. The minimum Gasteiger partial charge on any atom is -0.324 e. The molecule has 0 atom stereocenters. The second-order valence-corrected chi connectivity index (χ2v) is 6.82. The maximum Gasteiger partial charge on any atom is 0.418 e. The minimum absolute atomic E-state index is 0.0350. The van der Waals surface area contributed by atoms with E-state index in [1.165, 1.54) is 18.2 Å². The van der Waals surface area contributed by atoms with E-state index in [1.807, 2.05) is 31.9 Å². The van der Waals surface area contributed by atoms with Crippen molar-refractivity contribution in [3.05, 3.63) is 53.3 Å². The van der Waals surface area contributed by atoms with Crippen molar-refractivity contribution in [2.45, 2.75) is 26.6 Å². The van der Waals surface area contributed by atoms with Gasteiger partial charge in [-0.3, -0.25) is 14.4 Å². The Morgan fingerprint density at radius 2 is 2.00 bits per heavy atom. The summed E-state index contributed by atoms with van der Waals surface area (Å²) in [5, 5.41) is 7.65. The van der Waals surface area contributed by atoms with Gasteiger partial charge in [0.05, 0.1) is 23.5 Å². The van der Waals surface area contributed by atoms with Crippen LogP contribution >= 0.6 is 0 Å². The number of rotatable bonds is 6. The zero-order chi connectivity index (χ0) is 21.2. The van der Waals surface area contributed by atoms with E-state index < -0.39 is 17.6 Å². The van der Waals surface area contributed by atoms with Crippen molar-refractivity contribution < 1.29 is 18.0 Å². The van der Waals surface area contributed by atoms with Crippen LogP contribution in [0, 0.1) is 6.92 Å². The number of carbonyl (C=O) groups excluding carboxylic acids is 1. The molecule has 0 spiro atoms. The van der Waals surface area contributed by atoms with Gasteiger partial charge in [0.15, 0.2) is 5.65 Å². The number of fused-ring (bicyclic) bond motifs is 1. The van der Waals surface area contributed by atoms with E-state index in [2.05, 4.69) is 15.4 Å². The Morgan fingerprint density at radius 3 is 2.69 bits per heavy atom. The number of hydrogen-bond donors (Lipinski definition) is 1. The average Bonchev–Trinajstić information content (AvgIpc) is 2.94. The molecule has 0 saturated carbocycles. The van der Waals surface area contributed by atoms with Crippen LogP contribution in [0.2, 0.25) is 0 Å². The smallest absolute Gasteiger partial charge is 0.324 e. The van der Waals surface area contributed by atoms with Gasteiger partial charge in [-0.25, -0.2) is 4.98 Å². The van der Waals surface area contributed by atoms with Gasteiger partial charge in [0.25, 0.3) is 0 Å². The van der Waals surface area contributed by atoms with Crippen LogP contribution in [0.3, 0.4) is 0 Å². The molecule has 29 heavy (non-hydrogen) atoms. The number of para-hydroxylation sites is 1. The van der Waals surface area contributed by atoms with Crippen LogP contribution < -0.4 is 5.32 Å². The van der Waals surface area contributed by atoms with Crippen molar-refractivity contribution in [3.63, 3.8) is 0 Å². The summed E-state index contributed by atoms with van der Waals surface area (Å²) in [7, 11) is 1.82.